The van der Waals surface area contributed by atoms with Gasteiger partial charge in [0.05, 0.1) is 55.4 Å². The number of nitrogens with two attached hydrogens (primary N) is 3. The zero-order chi connectivity index (χ0) is 110. The molecule has 51 nitrogen and oxygen atoms in total. The van der Waals surface area contributed by atoms with Crippen LogP contribution in [0.25, 0.3) is 0 Å². The van der Waals surface area contributed by atoms with Crippen LogP contribution in [0.2, 0.25) is 0 Å². The lowest BCUT2D eigenvalue weighted by molar-refractivity contribution is -0.203. The Bertz CT molecular complexity index is 5310. The zero-order valence-corrected chi connectivity index (χ0v) is 85.7. The summed E-state index contributed by atoms with van der Waals surface area (Å²) in [4.78, 5) is 314. The number of carboxylic acids is 1. The first kappa shape index (κ1) is 122. The third-order valence-corrected chi connectivity index (χ3v) is 27.6. The molecule has 7 rings (SSSR count). The zero-order valence-electron chi connectivity index (χ0n) is 84.0. The number of aliphatic hydroxyl groups excluding tert-OH is 5. The molecule has 4 heterocycles. The van der Waals surface area contributed by atoms with Crippen molar-refractivity contribution in [2.24, 2.45) is 35.0 Å². The molecule has 0 bridgehead atoms. The molecule has 0 aliphatic carbocycles. The number of ether oxygens (including phenoxy) is 1. The summed E-state index contributed by atoms with van der Waals surface area (Å²) in [6.45, 7) is 12.5. The van der Waals surface area contributed by atoms with E-state index in [9.17, 15) is 83.7 Å². The number of amides is 19. The van der Waals surface area contributed by atoms with Gasteiger partial charge in [0.1, 0.15) is 109 Å². The number of H-pyrrole nitrogens is 1. The number of benzene rings is 3. The molecule has 3 aromatic carbocycles. The summed E-state index contributed by atoms with van der Waals surface area (Å²) in [5.74, 6) is -29.0. The fourth-order valence-electron chi connectivity index (χ4n) is 16.5. The first-order valence-corrected chi connectivity index (χ1v) is 51.1. The number of Topliss-reactive ketones (excluding diaryl/α,β-unsaturated/α-hetero) is 1. The first-order chi connectivity index (χ1) is 70.4. The third kappa shape index (κ3) is 38.1. The molecule has 0 spiro atoms. The van der Waals surface area contributed by atoms with Crippen molar-refractivity contribution in [2.75, 3.05) is 24.7 Å². The molecule has 19 amide bonds. The van der Waals surface area contributed by atoms with E-state index in [0.717, 1.165) is 32.6 Å². The van der Waals surface area contributed by atoms with Crippen molar-refractivity contribution in [2.45, 2.75) is 299 Å². The van der Waals surface area contributed by atoms with Crippen LogP contribution in [0.3, 0.4) is 0 Å². The van der Waals surface area contributed by atoms with Gasteiger partial charge in [-0.1, -0.05) is 149 Å². The van der Waals surface area contributed by atoms with Crippen LogP contribution < -0.4 is 102 Å². The van der Waals surface area contributed by atoms with Crippen LogP contribution in [0.4, 0.5) is 0 Å². The highest BCUT2D eigenvalue weighted by molar-refractivity contribution is 8.76. The number of aromatic nitrogens is 2. The quantitative estimate of drug-likeness (QED) is 0.0193. The number of aliphatic carboxylic acids is 1. The molecule has 3 aliphatic rings. The Balaban J connectivity index is 1.43. The van der Waals surface area contributed by atoms with Crippen LogP contribution in [0.15, 0.2) is 97.5 Å². The number of carbonyl (C=O) groups excluding carboxylic acids is 20. The fourth-order valence-corrected chi connectivity index (χ4v) is 18.9. The summed E-state index contributed by atoms with van der Waals surface area (Å²) in [6, 6.07) is -10.1. The average Bonchev–Trinajstić information content (AvgIpc) is 1.56. The molecule has 3 aliphatic heterocycles. The fraction of sp³-hybridized carbons (Fsp3) is 0.562. The lowest BCUT2D eigenvalue weighted by Gasteiger charge is -2.42. The van der Waals surface area contributed by atoms with E-state index in [-0.39, 0.29) is 56.5 Å². The van der Waals surface area contributed by atoms with Gasteiger partial charge >= 0.3 is 5.97 Å². The largest absolute Gasteiger partial charge is 0.508 e. The number of nitrogens with one attached hydrogen (secondary N) is 17. The minimum atomic E-state index is -2.31. The van der Waals surface area contributed by atoms with Crippen LogP contribution in [-0.2, 0) is 131 Å². The van der Waals surface area contributed by atoms with E-state index in [0.29, 0.717) is 38.3 Å². The lowest BCUT2D eigenvalue weighted by atomic mass is 9.94. The topological polar surface area (TPSA) is 812 Å². The molecule has 25 atom stereocenters. The highest BCUT2D eigenvalue weighted by atomic mass is 33.1. The second-order valence-corrected chi connectivity index (χ2v) is 39.9. The minimum Gasteiger partial charge on any atom is -0.508 e. The van der Waals surface area contributed by atoms with Gasteiger partial charge in [-0.2, -0.15) is 0 Å². The smallest absolute Gasteiger partial charge is 0.305 e. The summed E-state index contributed by atoms with van der Waals surface area (Å²) in [5, 5.41) is 116. The van der Waals surface area contributed by atoms with E-state index >= 15 is 52.7 Å². The Labute approximate surface area is 866 Å². The van der Waals surface area contributed by atoms with Crippen LogP contribution in [0, 0.1) is 17.8 Å². The molecule has 4 unspecified atom stereocenters. The molecular formula is C96H138N22O29S2. The van der Waals surface area contributed by atoms with Crippen LogP contribution in [-0.4, -0.2) is 339 Å². The van der Waals surface area contributed by atoms with Gasteiger partial charge in [-0.3, -0.25) is 106 Å². The van der Waals surface area contributed by atoms with Gasteiger partial charge in [0.25, 0.3) is 0 Å². The van der Waals surface area contributed by atoms with Gasteiger partial charge in [0.15, 0.2) is 12.0 Å². The Morgan fingerprint density at radius 1 is 0.537 bits per heavy atom. The number of primary amides is 3. The van der Waals surface area contributed by atoms with Gasteiger partial charge in [0.2, 0.25) is 112 Å². The van der Waals surface area contributed by atoms with E-state index in [4.69, 9.17) is 21.9 Å². The minimum absolute atomic E-state index is 0.0893. The van der Waals surface area contributed by atoms with Crippen LogP contribution >= 0.6 is 21.6 Å². The molecule has 818 valence electrons. The maximum Gasteiger partial charge on any atom is 0.305 e. The maximum atomic E-state index is 16.0. The van der Waals surface area contributed by atoms with Gasteiger partial charge in [-0.25, -0.2) is 4.98 Å². The van der Waals surface area contributed by atoms with E-state index in [2.05, 4.69) is 95.0 Å². The number of aliphatic hydroxyl groups is 5. The van der Waals surface area contributed by atoms with Crippen molar-refractivity contribution in [1.29, 1.82) is 0 Å². The van der Waals surface area contributed by atoms with Gasteiger partial charge in [0, 0.05) is 83.0 Å². The summed E-state index contributed by atoms with van der Waals surface area (Å²) >= 11 is 0. The van der Waals surface area contributed by atoms with Crippen molar-refractivity contribution < 1.29 is 141 Å². The number of imidazole rings is 1. The standard InChI is InChI=1S/C96H138N22O29S2/c1-11-46(5)74-93(144)115-75(47(6)12-2)92(143)113-73(45(3)4)91(142)117-77(49(8)121)94(145)109-62(37-55-40-100-44-101-55)86(137)110-64(36-53-22-17-14-18-23-53)96(146)118-33-19-24-67(118)90(141)108-61(34-52-20-15-13-16-21-52)85(136)107-63(39-72(128)129)87(138)106-58(30-32-70(98)126)83(134)105-57(29-31-69(97)125)79(130)59(38-71(127)112-95-78(103-51(10)123)81(132)80(131)68(41-119)147-95)104-65(88(139)116-76(48(7)120)82(99)133)42-148-149-43-66(89(140)114-74)111-84(135)60(102-50(9)122)35-54-25-27-56(124)28-26-54/h13-18,20-23,25-28,40,44-49,57-68,73-78,80-81,95,104,119-121,124,131-132H,11-12,19,24,29-39,41-43H2,1-10H3,(H2,97,125)(H2,98,126)(H2,99,133)(H,100,101)(H,102,122)(H,103,123)(H,105,134)(H,106,138)(H,107,136)(H,108,141)(H,109,145)(H,110,137)(H,111,135)(H,112,127)(H,113,143)(H,114,140)(H,115,144)(H,116,139)(H,117,142)(H,128,129)/t46-,47-,48+,49?,57-,58?,59+,60-,61-,62?,63-,64-,65-,66-,67-,68+,73?,74-,75-,76-,77-,78+,80+,81+,95+/m0/s1. The molecule has 1 aromatic heterocycles. The van der Waals surface area contributed by atoms with Crippen LogP contribution in [0.5, 0.6) is 5.75 Å². The number of aromatic hydroxyl groups is 1. The SMILES string of the molecule is CC[C@H](C)[C@@H]1NC(=O)[C@@H](NC(=O)[C@H](Cc2ccc(O)cc2)NC(C)=O)CSSC[C@@H](C(=O)N[C@H](C(N)=O)[C@@H](C)O)N[C@H](CC(=O)N[C@@H]2O[C@H](CO)[C@@H](O)[C@H](O)[C@H]2NC(C)=O)C(=O)[C@H](CCC(N)=O)NC(=O)C(CCC(N)=O)NC(=O)[C@H](CC(=O)O)NC(=O)[C@H](Cc2ccccc2)NC(=O)[C@@H]2CCCN2C(=O)[C@H](Cc2ccccc2)NC(=O)C(Cc2c[nH]cn2)NC(=O)[C@H](C(C)O)NC(=O)C(C(C)C)NC(=O)[C@H]([C@@H](C)CC)NC1=O. The average molecular weight is 2130 g/mol. The van der Waals surface area contributed by atoms with Gasteiger partial charge in [-0.15, -0.1) is 0 Å². The molecule has 3 fully saturated rings. The molecule has 0 radical (unpaired) electrons. The Kier molecular flexibility index (Phi) is 48.7. The molecule has 0 saturated carbocycles. The summed E-state index contributed by atoms with van der Waals surface area (Å²) in [6.07, 6.45) is -15.7. The van der Waals surface area contributed by atoms with Crippen molar-refractivity contribution in [3.63, 3.8) is 0 Å². The predicted molar refractivity (Wildman–Crippen MR) is 534 cm³/mol. The number of rotatable bonds is 34. The van der Waals surface area contributed by atoms with E-state index in [1.54, 1.807) is 76.2 Å². The summed E-state index contributed by atoms with van der Waals surface area (Å²) in [5.41, 5.74) is 18.3. The highest BCUT2D eigenvalue weighted by Gasteiger charge is 2.49. The second-order valence-electron chi connectivity index (χ2n) is 37.3. The molecular weight excluding hydrogens is 1990 g/mol. The monoisotopic (exact) mass is 2130 g/mol. The van der Waals surface area contributed by atoms with E-state index in [1.165, 1.54) is 62.8 Å². The maximum absolute atomic E-state index is 16.0. The number of carbonyl (C=O) groups is 21. The summed E-state index contributed by atoms with van der Waals surface area (Å²) in [7, 11) is 1.28. The summed E-state index contributed by atoms with van der Waals surface area (Å²) < 4.78 is 5.75. The number of phenols is 1. The normalized spacial score (nSPS) is 26.4. The van der Waals surface area contributed by atoms with Gasteiger partial charge in [-0.05, 0) is 86.1 Å². The van der Waals surface area contributed by atoms with E-state index < -0.39 is 351 Å². The molecule has 53 heteroatoms. The number of ketones is 1. The molecule has 149 heavy (non-hydrogen) atoms. The number of aromatic amines is 1. The van der Waals surface area contributed by atoms with Gasteiger partial charge < -0.3 is 147 Å². The lowest BCUT2D eigenvalue weighted by Crippen LogP contribution is -2.68. The number of carboxylic acid groups (broad SMARTS) is 1. The second kappa shape index (κ2) is 59.4. The van der Waals surface area contributed by atoms with Crippen molar-refractivity contribution >= 4 is 146 Å². The Morgan fingerprint density at radius 3 is 1.57 bits per heavy atom. The molecule has 3 saturated heterocycles. The number of phenolic OH excluding ortho intramolecular Hbond substituents is 1. The molecule has 4 aromatic rings. The number of hydrogen-bond donors (Lipinski definition) is 27. The van der Waals surface area contributed by atoms with Crippen molar-refractivity contribution in [1.82, 2.24) is 99.9 Å². The Morgan fingerprint density at radius 2 is 1.04 bits per heavy atom. The van der Waals surface area contributed by atoms with Crippen LogP contribution in [0.1, 0.15) is 156 Å². The third-order valence-electron chi connectivity index (χ3n) is 25.2. The highest BCUT2D eigenvalue weighted by Crippen LogP contribution is 2.28. The molecule has 30 N–H and O–H groups in total. The first-order valence-electron chi connectivity index (χ1n) is 48.7. The van der Waals surface area contributed by atoms with Crippen molar-refractivity contribution in [3.05, 3.63) is 120 Å². The number of nitrogens with zero attached hydrogens (tertiary/aromatic N) is 2. The Hall–Kier alpha value is -13.8. The number of fused-ring (bicyclic) bond motifs is 1. The van der Waals surface area contributed by atoms with E-state index in [1.807, 2.05) is 0 Å². The van der Waals surface area contributed by atoms with Crippen molar-refractivity contribution in [3.8, 4) is 5.75 Å². The number of hydrogen-bond acceptors (Lipinski definition) is 32. The predicted octanol–water partition coefficient (Wildman–Crippen LogP) is -7.56.